The first kappa shape index (κ1) is 26.2. The van der Waals surface area contributed by atoms with Gasteiger partial charge in [0.15, 0.2) is 5.82 Å². The van der Waals surface area contributed by atoms with Crippen molar-refractivity contribution in [3.05, 3.63) is 98.9 Å². The summed E-state index contributed by atoms with van der Waals surface area (Å²) in [5, 5.41) is 24.7. The average Bonchev–Trinajstić information content (AvgIpc) is 3.48. The van der Waals surface area contributed by atoms with E-state index in [1.165, 1.54) is 4.80 Å². The zero-order valence-electron chi connectivity index (χ0n) is 20.3. The highest BCUT2D eigenvalue weighted by Gasteiger charge is 2.15. The van der Waals surface area contributed by atoms with Crippen LogP contribution >= 0.6 is 34.8 Å². The minimum Gasteiger partial charge on any atom is -0.481 e. The summed E-state index contributed by atoms with van der Waals surface area (Å²) in [5.74, 6) is -0.199. The number of carbonyl (C=O) groups is 1. The van der Waals surface area contributed by atoms with E-state index in [1.54, 1.807) is 6.07 Å². The molecule has 0 aliphatic heterocycles. The highest BCUT2D eigenvalue weighted by Crippen LogP contribution is 2.31. The Labute approximate surface area is 234 Å². The van der Waals surface area contributed by atoms with Gasteiger partial charge in [0.2, 0.25) is 0 Å². The van der Waals surface area contributed by atoms with Crippen molar-refractivity contribution in [3.63, 3.8) is 0 Å². The van der Waals surface area contributed by atoms with E-state index >= 15 is 0 Å². The second-order valence-corrected chi connectivity index (χ2v) is 10.4. The monoisotopic (exact) mass is 567 g/mol. The van der Waals surface area contributed by atoms with Gasteiger partial charge in [-0.1, -0.05) is 59.1 Å². The predicted molar refractivity (Wildman–Crippen MR) is 150 cm³/mol. The molecule has 1 N–H and O–H groups in total. The molecule has 10 heteroatoms. The highest BCUT2D eigenvalue weighted by atomic mass is 35.5. The van der Waals surface area contributed by atoms with Crippen LogP contribution in [0.4, 0.5) is 0 Å². The summed E-state index contributed by atoms with van der Waals surface area (Å²) in [6, 6.07) is 19.7. The van der Waals surface area contributed by atoms with Crippen LogP contribution in [0.1, 0.15) is 36.2 Å². The quantitative estimate of drug-likeness (QED) is 0.181. The summed E-state index contributed by atoms with van der Waals surface area (Å²) in [5.41, 5.74) is 5.23. The van der Waals surface area contributed by atoms with Gasteiger partial charge in [-0.05, 0) is 76.7 Å². The molecule has 0 amide bonds. The summed E-state index contributed by atoms with van der Waals surface area (Å²) < 4.78 is 2.17. The number of unbranched alkanes of at least 4 members (excludes halogenated alkanes) is 1. The minimum atomic E-state index is -0.800. The van der Waals surface area contributed by atoms with Crippen LogP contribution in [0.25, 0.3) is 22.0 Å². The van der Waals surface area contributed by atoms with Crippen molar-refractivity contribution in [2.24, 2.45) is 0 Å². The van der Waals surface area contributed by atoms with E-state index in [4.69, 9.17) is 39.9 Å². The summed E-state index contributed by atoms with van der Waals surface area (Å²) in [6.07, 6.45) is 3.98. The van der Waals surface area contributed by atoms with Gasteiger partial charge in [0.05, 0.1) is 6.54 Å². The van der Waals surface area contributed by atoms with Crippen molar-refractivity contribution < 1.29 is 9.90 Å². The molecule has 0 fully saturated rings. The van der Waals surface area contributed by atoms with Crippen molar-refractivity contribution in [1.29, 1.82) is 0 Å². The standard InChI is InChI=1S/C28H24Cl3N5O2/c29-22-8-4-18(5-9-22)19-7-11-26-24(13-19)21(17-35(26)16-20-6-10-23(30)15-25(20)31)14-27-32-34-36(33-27)12-2-1-3-28(37)38/h4-11,13,15,17H,1-3,12,14,16H2,(H,37,38). The van der Waals surface area contributed by atoms with Gasteiger partial charge in [-0.3, -0.25) is 4.79 Å². The number of aryl methyl sites for hydroxylation is 1. The van der Waals surface area contributed by atoms with Crippen molar-refractivity contribution >= 4 is 51.7 Å². The van der Waals surface area contributed by atoms with E-state index in [0.29, 0.717) is 53.2 Å². The van der Waals surface area contributed by atoms with Gasteiger partial charge in [-0.15, -0.1) is 10.2 Å². The van der Waals surface area contributed by atoms with Crippen LogP contribution < -0.4 is 0 Å². The van der Waals surface area contributed by atoms with E-state index in [1.807, 2.05) is 36.4 Å². The molecule has 0 unspecified atom stereocenters. The molecule has 0 atom stereocenters. The fourth-order valence-electron chi connectivity index (χ4n) is 4.44. The molecular weight excluding hydrogens is 545 g/mol. The van der Waals surface area contributed by atoms with E-state index in [-0.39, 0.29) is 6.42 Å². The molecule has 0 aliphatic carbocycles. The van der Waals surface area contributed by atoms with E-state index in [0.717, 1.165) is 33.2 Å². The Bertz CT molecular complexity index is 1590. The highest BCUT2D eigenvalue weighted by molar-refractivity contribution is 6.35. The van der Waals surface area contributed by atoms with Crippen LogP contribution in [-0.4, -0.2) is 35.9 Å². The first-order valence-corrected chi connectivity index (χ1v) is 13.3. The van der Waals surface area contributed by atoms with E-state index in [9.17, 15) is 4.79 Å². The lowest BCUT2D eigenvalue weighted by atomic mass is 10.0. The van der Waals surface area contributed by atoms with Crippen LogP contribution in [0.2, 0.25) is 15.1 Å². The smallest absolute Gasteiger partial charge is 0.303 e. The van der Waals surface area contributed by atoms with E-state index in [2.05, 4.69) is 44.4 Å². The molecule has 0 saturated carbocycles. The topological polar surface area (TPSA) is 85.8 Å². The molecule has 0 bridgehead atoms. The number of benzene rings is 3. The normalized spacial score (nSPS) is 11.3. The third kappa shape index (κ3) is 6.18. The molecule has 2 aromatic heterocycles. The van der Waals surface area contributed by atoms with Gasteiger partial charge in [0, 0.05) is 51.6 Å². The number of hydrogen-bond acceptors (Lipinski definition) is 4. The number of carboxylic acid groups (broad SMARTS) is 1. The van der Waals surface area contributed by atoms with Crippen LogP contribution in [-0.2, 0) is 24.3 Å². The van der Waals surface area contributed by atoms with Crippen molar-refractivity contribution in [3.8, 4) is 11.1 Å². The molecule has 38 heavy (non-hydrogen) atoms. The van der Waals surface area contributed by atoms with Crippen LogP contribution in [0, 0.1) is 0 Å². The molecule has 0 spiro atoms. The van der Waals surface area contributed by atoms with Gasteiger partial charge in [0.1, 0.15) is 0 Å². The van der Waals surface area contributed by atoms with E-state index < -0.39 is 5.97 Å². The number of aliphatic carboxylic acids is 1. The first-order chi connectivity index (χ1) is 18.4. The molecule has 7 nitrogen and oxygen atoms in total. The number of tetrazole rings is 1. The Hall–Kier alpha value is -3.39. The summed E-state index contributed by atoms with van der Waals surface area (Å²) in [7, 11) is 0. The largest absolute Gasteiger partial charge is 0.481 e. The molecule has 0 saturated heterocycles. The Morgan fingerprint density at radius 3 is 2.39 bits per heavy atom. The second kappa shape index (κ2) is 11.6. The lowest BCUT2D eigenvalue weighted by molar-refractivity contribution is -0.137. The Kier molecular flexibility index (Phi) is 7.98. The number of halogens is 3. The molecule has 3 aromatic carbocycles. The van der Waals surface area contributed by atoms with Crippen LogP contribution in [0.3, 0.4) is 0 Å². The SMILES string of the molecule is O=C(O)CCCCn1nnc(Cc2cn(Cc3ccc(Cl)cc3Cl)c3ccc(-c4ccc(Cl)cc4)cc23)n1. The molecule has 194 valence electrons. The van der Waals surface area contributed by atoms with Gasteiger partial charge < -0.3 is 9.67 Å². The lowest BCUT2D eigenvalue weighted by Gasteiger charge is -2.09. The average molecular weight is 569 g/mol. The molecular formula is C28H24Cl3N5O2. The second-order valence-electron chi connectivity index (χ2n) is 9.09. The third-order valence-electron chi connectivity index (χ3n) is 6.34. The molecule has 0 aliphatic rings. The molecule has 5 aromatic rings. The molecule has 0 radical (unpaired) electrons. The van der Waals surface area contributed by atoms with Crippen LogP contribution in [0.15, 0.2) is 66.9 Å². The lowest BCUT2D eigenvalue weighted by Crippen LogP contribution is -2.04. The number of hydrogen-bond donors (Lipinski definition) is 1. The van der Waals surface area contributed by atoms with Crippen molar-refractivity contribution in [1.82, 2.24) is 24.8 Å². The minimum absolute atomic E-state index is 0.134. The van der Waals surface area contributed by atoms with Crippen molar-refractivity contribution in [2.45, 2.75) is 38.8 Å². The molecule has 5 rings (SSSR count). The van der Waals surface area contributed by atoms with Crippen LogP contribution in [0.5, 0.6) is 0 Å². The van der Waals surface area contributed by atoms with Gasteiger partial charge in [-0.2, -0.15) is 4.80 Å². The zero-order chi connectivity index (χ0) is 26.6. The Balaban J connectivity index is 1.46. The zero-order valence-corrected chi connectivity index (χ0v) is 22.6. The maximum Gasteiger partial charge on any atom is 0.303 e. The Morgan fingerprint density at radius 1 is 0.868 bits per heavy atom. The fourth-order valence-corrected chi connectivity index (χ4v) is 5.03. The predicted octanol–water partition coefficient (Wildman–Crippen LogP) is 7.15. The number of fused-ring (bicyclic) bond motifs is 1. The van der Waals surface area contributed by atoms with Gasteiger partial charge in [-0.25, -0.2) is 0 Å². The number of nitrogens with zero attached hydrogens (tertiary/aromatic N) is 5. The fraction of sp³-hybridized carbons (Fsp3) is 0.214. The van der Waals surface area contributed by atoms with Crippen molar-refractivity contribution in [2.75, 3.05) is 0 Å². The van der Waals surface area contributed by atoms with Gasteiger partial charge >= 0.3 is 5.97 Å². The van der Waals surface area contributed by atoms with Gasteiger partial charge in [0.25, 0.3) is 0 Å². The number of rotatable bonds is 10. The Morgan fingerprint density at radius 2 is 1.63 bits per heavy atom. The third-order valence-corrected chi connectivity index (χ3v) is 7.18. The first-order valence-electron chi connectivity index (χ1n) is 12.2. The summed E-state index contributed by atoms with van der Waals surface area (Å²) in [4.78, 5) is 12.3. The maximum absolute atomic E-state index is 10.7. The number of aromatic nitrogens is 5. The molecule has 2 heterocycles. The summed E-state index contributed by atoms with van der Waals surface area (Å²) >= 11 is 18.7. The number of carboxylic acids is 1. The summed E-state index contributed by atoms with van der Waals surface area (Å²) in [6.45, 7) is 1.11. The maximum atomic E-state index is 10.7.